The fourth-order valence-electron chi connectivity index (χ4n) is 1.60. The maximum absolute atomic E-state index is 12.1. The fourth-order valence-corrected chi connectivity index (χ4v) is 3.53. The Morgan fingerprint density at radius 1 is 1.40 bits per heavy atom. The van der Waals surface area contributed by atoms with Gasteiger partial charge in [0.1, 0.15) is 0 Å². The first-order valence-corrected chi connectivity index (χ1v) is 7.80. The molecular formula is C12H8Br2N2O3S. The minimum Gasteiger partial charge on any atom is -0.321 e. The van der Waals surface area contributed by atoms with E-state index in [1.54, 1.807) is 25.1 Å². The second kappa shape index (κ2) is 6.02. The van der Waals surface area contributed by atoms with Crippen molar-refractivity contribution in [1.29, 1.82) is 0 Å². The Hall–Kier alpha value is -1.25. The van der Waals surface area contributed by atoms with Gasteiger partial charge in [-0.15, -0.1) is 11.3 Å². The third-order valence-corrected chi connectivity index (χ3v) is 5.87. The summed E-state index contributed by atoms with van der Waals surface area (Å²) in [6, 6.07) is 6.28. The van der Waals surface area contributed by atoms with Crippen LogP contribution in [0, 0.1) is 17.0 Å². The molecule has 0 radical (unpaired) electrons. The molecule has 2 aromatic rings. The van der Waals surface area contributed by atoms with E-state index in [1.807, 2.05) is 0 Å². The van der Waals surface area contributed by atoms with Crippen molar-refractivity contribution in [3.05, 3.63) is 53.1 Å². The van der Waals surface area contributed by atoms with E-state index in [0.717, 1.165) is 8.26 Å². The summed E-state index contributed by atoms with van der Waals surface area (Å²) in [7, 11) is 0. The summed E-state index contributed by atoms with van der Waals surface area (Å²) >= 11 is 7.91. The van der Waals surface area contributed by atoms with E-state index in [-0.39, 0.29) is 11.6 Å². The van der Waals surface area contributed by atoms with Crippen molar-refractivity contribution in [2.45, 2.75) is 6.92 Å². The van der Waals surface area contributed by atoms with E-state index >= 15 is 0 Å². The van der Waals surface area contributed by atoms with Crippen molar-refractivity contribution in [3.8, 4) is 0 Å². The van der Waals surface area contributed by atoms with Gasteiger partial charge in [-0.05, 0) is 50.9 Å². The number of amides is 1. The second-order valence-electron chi connectivity index (χ2n) is 3.89. The molecule has 0 spiro atoms. The lowest BCUT2D eigenvalue weighted by molar-refractivity contribution is -0.385. The van der Waals surface area contributed by atoms with E-state index in [2.05, 4.69) is 37.2 Å². The molecule has 1 amide bonds. The first-order chi connectivity index (χ1) is 9.40. The summed E-state index contributed by atoms with van der Waals surface area (Å²) in [6.45, 7) is 1.61. The maximum atomic E-state index is 12.1. The zero-order valence-corrected chi connectivity index (χ0v) is 14.1. The highest BCUT2D eigenvalue weighted by molar-refractivity contribution is 9.13. The van der Waals surface area contributed by atoms with Gasteiger partial charge in [0.05, 0.1) is 24.8 Å². The molecule has 1 N–H and O–H groups in total. The molecule has 1 aromatic carbocycles. The Kier molecular flexibility index (Phi) is 4.56. The molecule has 0 aliphatic carbocycles. The van der Waals surface area contributed by atoms with Crippen LogP contribution in [0.15, 0.2) is 32.5 Å². The average Bonchev–Trinajstić information content (AvgIpc) is 2.72. The van der Waals surface area contributed by atoms with Gasteiger partial charge in [0.15, 0.2) is 0 Å². The number of rotatable bonds is 3. The molecule has 0 atom stereocenters. The number of hydrogen-bond donors (Lipinski definition) is 1. The Morgan fingerprint density at radius 2 is 2.10 bits per heavy atom. The molecule has 20 heavy (non-hydrogen) atoms. The molecule has 1 aromatic heterocycles. The third kappa shape index (κ3) is 3.08. The minimum absolute atomic E-state index is 0.0173. The summed E-state index contributed by atoms with van der Waals surface area (Å²) < 4.78 is 1.61. The zero-order valence-electron chi connectivity index (χ0n) is 10.1. The Balaban J connectivity index is 2.28. The normalized spacial score (nSPS) is 10.3. The van der Waals surface area contributed by atoms with Gasteiger partial charge in [-0.25, -0.2) is 0 Å². The van der Waals surface area contributed by atoms with Crippen molar-refractivity contribution in [1.82, 2.24) is 0 Å². The van der Waals surface area contributed by atoms with Crippen LogP contribution in [0.2, 0.25) is 0 Å². The van der Waals surface area contributed by atoms with Gasteiger partial charge in [-0.3, -0.25) is 14.9 Å². The Bertz CT molecular complexity index is 681. The number of nitrogens with zero attached hydrogens (tertiary/aromatic N) is 1. The number of halogens is 2. The van der Waals surface area contributed by atoms with Gasteiger partial charge in [0, 0.05) is 10.5 Å². The minimum atomic E-state index is -0.469. The van der Waals surface area contributed by atoms with Gasteiger partial charge in [0.2, 0.25) is 0 Å². The highest BCUT2D eigenvalue weighted by Crippen LogP contribution is 2.33. The Morgan fingerprint density at radius 3 is 2.65 bits per heavy atom. The number of nitro groups is 1. The first kappa shape index (κ1) is 15.1. The number of hydrogen-bond acceptors (Lipinski definition) is 4. The lowest BCUT2D eigenvalue weighted by Gasteiger charge is -2.07. The van der Waals surface area contributed by atoms with E-state index in [4.69, 9.17) is 0 Å². The van der Waals surface area contributed by atoms with Crippen LogP contribution in [-0.4, -0.2) is 10.8 Å². The van der Waals surface area contributed by atoms with Crippen LogP contribution >= 0.6 is 43.2 Å². The van der Waals surface area contributed by atoms with E-state index in [1.165, 1.54) is 17.4 Å². The van der Waals surface area contributed by atoms with Crippen LogP contribution in [0.3, 0.4) is 0 Å². The lowest BCUT2D eigenvalue weighted by atomic mass is 10.1. The predicted octanol–water partition coefficient (Wildman–Crippen LogP) is 4.74. The smallest absolute Gasteiger partial charge is 0.274 e. The molecule has 5 nitrogen and oxygen atoms in total. The highest BCUT2D eigenvalue weighted by atomic mass is 79.9. The highest BCUT2D eigenvalue weighted by Gasteiger charge is 2.17. The SMILES string of the molecule is Cc1c(NC(=O)c2cc(Br)c(Br)s2)cccc1[N+](=O)[O-]. The monoisotopic (exact) mass is 418 g/mol. The van der Waals surface area contributed by atoms with Crippen LogP contribution < -0.4 is 5.32 Å². The Labute approximate surface area is 135 Å². The summed E-state index contributed by atoms with van der Waals surface area (Å²) in [5, 5.41) is 13.5. The van der Waals surface area contributed by atoms with Gasteiger partial charge < -0.3 is 5.32 Å². The molecule has 0 saturated carbocycles. The summed E-state index contributed by atoms with van der Waals surface area (Å²) in [5.74, 6) is -0.301. The van der Waals surface area contributed by atoms with Crippen molar-refractivity contribution in [2.75, 3.05) is 5.32 Å². The summed E-state index contributed by atoms with van der Waals surface area (Å²) in [6.07, 6.45) is 0. The average molecular weight is 420 g/mol. The quantitative estimate of drug-likeness (QED) is 0.576. The number of anilines is 1. The van der Waals surface area contributed by atoms with E-state index in [9.17, 15) is 14.9 Å². The van der Waals surface area contributed by atoms with Crippen molar-refractivity contribution < 1.29 is 9.72 Å². The molecule has 0 bridgehead atoms. The van der Waals surface area contributed by atoms with Crippen molar-refractivity contribution >= 4 is 60.5 Å². The maximum Gasteiger partial charge on any atom is 0.274 e. The number of carbonyl (C=O) groups excluding carboxylic acids is 1. The van der Waals surface area contributed by atoms with Crippen LogP contribution in [0.4, 0.5) is 11.4 Å². The molecule has 2 rings (SSSR count). The van der Waals surface area contributed by atoms with Crippen LogP contribution in [0.5, 0.6) is 0 Å². The number of benzene rings is 1. The number of nitro benzene ring substituents is 1. The topological polar surface area (TPSA) is 72.2 Å². The number of carbonyl (C=O) groups is 1. The molecule has 0 saturated heterocycles. The van der Waals surface area contributed by atoms with Crippen molar-refractivity contribution in [2.24, 2.45) is 0 Å². The lowest BCUT2D eigenvalue weighted by Crippen LogP contribution is -2.11. The van der Waals surface area contributed by atoms with Gasteiger partial charge in [-0.1, -0.05) is 6.07 Å². The largest absolute Gasteiger partial charge is 0.321 e. The predicted molar refractivity (Wildman–Crippen MR) is 85.5 cm³/mol. The molecule has 0 unspecified atom stereocenters. The molecule has 8 heteroatoms. The molecule has 104 valence electrons. The van der Waals surface area contributed by atoms with Crippen LogP contribution in [-0.2, 0) is 0 Å². The van der Waals surface area contributed by atoms with E-state index < -0.39 is 4.92 Å². The molecule has 0 fully saturated rings. The van der Waals surface area contributed by atoms with Crippen LogP contribution in [0.1, 0.15) is 15.2 Å². The molecule has 0 aliphatic rings. The van der Waals surface area contributed by atoms with Gasteiger partial charge >= 0.3 is 0 Å². The zero-order chi connectivity index (χ0) is 14.9. The summed E-state index contributed by atoms with van der Waals surface area (Å²) in [5.41, 5.74) is 0.849. The third-order valence-electron chi connectivity index (χ3n) is 2.62. The molecule has 1 heterocycles. The summed E-state index contributed by atoms with van der Waals surface area (Å²) in [4.78, 5) is 23.0. The molecule has 0 aliphatic heterocycles. The van der Waals surface area contributed by atoms with Crippen molar-refractivity contribution in [3.63, 3.8) is 0 Å². The number of nitrogens with one attached hydrogen (secondary N) is 1. The van der Waals surface area contributed by atoms with Gasteiger partial charge in [-0.2, -0.15) is 0 Å². The molecular weight excluding hydrogens is 412 g/mol. The number of thiophene rings is 1. The van der Waals surface area contributed by atoms with Gasteiger partial charge in [0.25, 0.3) is 11.6 Å². The van der Waals surface area contributed by atoms with Crippen LogP contribution in [0.25, 0.3) is 0 Å². The second-order valence-corrected chi connectivity index (χ2v) is 7.12. The fraction of sp³-hybridized carbons (Fsp3) is 0.0833. The standard InChI is InChI=1S/C12H8Br2N2O3S/c1-6-8(3-2-4-9(6)16(18)19)15-12(17)10-5-7(13)11(14)20-10/h2-5H,1H3,(H,15,17). The van der Waals surface area contributed by atoms with E-state index in [0.29, 0.717) is 16.1 Å². The first-order valence-electron chi connectivity index (χ1n) is 5.40.